The van der Waals surface area contributed by atoms with Crippen LogP contribution in [0.2, 0.25) is 0 Å². The molecular formula is C11H16O2S. The zero-order valence-corrected chi connectivity index (χ0v) is 9.00. The maximum Gasteiger partial charge on any atom is 0.0842 e. The minimum Gasteiger partial charge on any atom is -0.390 e. The van der Waals surface area contributed by atoms with Gasteiger partial charge in [0.05, 0.1) is 12.2 Å². The number of rotatable bonds is 3. The Balaban J connectivity index is 1.85. The average molecular weight is 212 g/mol. The molecule has 1 fully saturated rings. The topological polar surface area (TPSA) is 29.5 Å². The second-order valence-corrected chi connectivity index (χ2v) is 4.59. The van der Waals surface area contributed by atoms with Crippen molar-refractivity contribution < 1.29 is 9.84 Å². The van der Waals surface area contributed by atoms with Gasteiger partial charge in [0, 0.05) is 13.0 Å². The molecule has 0 amide bonds. The summed E-state index contributed by atoms with van der Waals surface area (Å²) < 4.78 is 5.54. The Morgan fingerprint density at radius 1 is 1.57 bits per heavy atom. The van der Waals surface area contributed by atoms with Gasteiger partial charge in [-0.2, -0.15) is 11.3 Å². The Kier molecular flexibility index (Phi) is 3.56. The van der Waals surface area contributed by atoms with Gasteiger partial charge in [-0.05, 0) is 41.7 Å². The molecule has 0 saturated carbocycles. The normalized spacial score (nSPS) is 24.8. The first-order valence-corrected chi connectivity index (χ1v) is 6.11. The molecule has 0 radical (unpaired) electrons. The Morgan fingerprint density at radius 3 is 3.14 bits per heavy atom. The van der Waals surface area contributed by atoms with Crippen LogP contribution in [0.5, 0.6) is 0 Å². The first kappa shape index (κ1) is 10.1. The van der Waals surface area contributed by atoms with Gasteiger partial charge in [-0.25, -0.2) is 0 Å². The number of aliphatic hydroxyl groups is 1. The third-order valence-electron chi connectivity index (χ3n) is 2.67. The fraction of sp³-hybridized carbons (Fsp3) is 0.636. The summed E-state index contributed by atoms with van der Waals surface area (Å²) >= 11 is 1.68. The molecule has 1 aliphatic heterocycles. The van der Waals surface area contributed by atoms with Crippen LogP contribution in [0.15, 0.2) is 16.8 Å². The monoisotopic (exact) mass is 212 g/mol. The predicted molar refractivity (Wildman–Crippen MR) is 57.6 cm³/mol. The summed E-state index contributed by atoms with van der Waals surface area (Å²) in [4.78, 5) is 0. The highest BCUT2D eigenvalue weighted by atomic mass is 32.1. The summed E-state index contributed by atoms with van der Waals surface area (Å²) in [6.07, 6.45) is 3.79. The minimum atomic E-state index is -0.329. The lowest BCUT2D eigenvalue weighted by Crippen LogP contribution is -2.33. The van der Waals surface area contributed by atoms with E-state index in [0.717, 1.165) is 25.9 Å². The van der Waals surface area contributed by atoms with Crippen molar-refractivity contribution in [2.75, 3.05) is 6.61 Å². The summed E-state index contributed by atoms with van der Waals surface area (Å²) in [5, 5.41) is 14.1. The van der Waals surface area contributed by atoms with Gasteiger partial charge in [0.25, 0.3) is 0 Å². The maximum atomic E-state index is 9.93. The molecule has 1 N–H and O–H groups in total. The van der Waals surface area contributed by atoms with Crippen LogP contribution in [0, 0.1) is 0 Å². The highest BCUT2D eigenvalue weighted by molar-refractivity contribution is 7.07. The molecule has 14 heavy (non-hydrogen) atoms. The zero-order valence-electron chi connectivity index (χ0n) is 8.19. The third kappa shape index (κ3) is 2.56. The smallest absolute Gasteiger partial charge is 0.0842 e. The van der Waals surface area contributed by atoms with E-state index in [4.69, 9.17) is 4.74 Å². The molecule has 2 heterocycles. The molecule has 1 aromatic rings. The lowest BCUT2D eigenvalue weighted by molar-refractivity contribution is -0.0611. The summed E-state index contributed by atoms with van der Waals surface area (Å²) in [6, 6.07) is 2.07. The van der Waals surface area contributed by atoms with Crippen LogP contribution in [0.3, 0.4) is 0 Å². The molecule has 0 aliphatic carbocycles. The Morgan fingerprint density at radius 2 is 2.50 bits per heavy atom. The van der Waals surface area contributed by atoms with Crippen molar-refractivity contribution in [2.45, 2.75) is 37.9 Å². The van der Waals surface area contributed by atoms with Crippen LogP contribution in [0.4, 0.5) is 0 Å². The van der Waals surface area contributed by atoms with Crippen molar-refractivity contribution in [1.29, 1.82) is 0 Å². The predicted octanol–water partition coefficient (Wildman–Crippen LogP) is 2.22. The van der Waals surface area contributed by atoms with E-state index >= 15 is 0 Å². The third-order valence-corrected chi connectivity index (χ3v) is 3.40. The molecular weight excluding hydrogens is 196 g/mol. The van der Waals surface area contributed by atoms with Gasteiger partial charge < -0.3 is 9.84 Å². The first-order valence-electron chi connectivity index (χ1n) is 5.17. The van der Waals surface area contributed by atoms with Gasteiger partial charge in [-0.1, -0.05) is 0 Å². The molecule has 2 rings (SSSR count). The van der Waals surface area contributed by atoms with Crippen molar-refractivity contribution in [3.05, 3.63) is 22.4 Å². The maximum absolute atomic E-state index is 9.93. The Bertz CT molecular complexity index is 252. The van der Waals surface area contributed by atoms with Crippen LogP contribution >= 0.6 is 11.3 Å². The van der Waals surface area contributed by atoms with Crippen LogP contribution in [0.1, 0.15) is 24.8 Å². The van der Waals surface area contributed by atoms with Crippen LogP contribution in [-0.2, 0) is 11.2 Å². The van der Waals surface area contributed by atoms with Crippen LogP contribution < -0.4 is 0 Å². The number of thiophene rings is 1. The van der Waals surface area contributed by atoms with Crippen LogP contribution in [0.25, 0.3) is 0 Å². The second kappa shape index (κ2) is 4.91. The fourth-order valence-corrected chi connectivity index (χ4v) is 2.53. The van der Waals surface area contributed by atoms with Crippen molar-refractivity contribution in [2.24, 2.45) is 0 Å². The van der Waals surface area contributed by atoms with Gasteiger partial charge in [0.15, 0.2) is 0 Å². The number of hydrogen-bond acceptors (Lipinski definition) is 3. The lowest BCUT2D eigenvalue weighted by atomic mass is 10.00. The number of hydrogen-bond donors (Lipinski definition) is 1. The standard InChI is InChI=1S/C11H16O2S/c12-10(7-9-4-6-14-8-9)11-3-1-2-5-13-11/h4,6,8,10-12H,1-3,5,7H2. The molecule has 3 heteroatoms. The van der Waals surface area contributed by atoms with Gasteiger partial charge >= 0.3 is 0 Å². The van der Waals surface area contributed by atoms with Gasteiger partial charge in [0.2, 0.25) is 0 Å². The molecule has 2 atom stereocenters. The minimum absolute atomic E-state index is 0.0589. The van der Waals surface area contributed by atoms with E-state index in [1.807, 2.05) is 5.38 Å². The Labute approximate surface area is 88.5 Å². The van der Waals surface area contributed by atoms with Gasteiger partial charge in [-0.3, -0.25) is 0 Å². The highest BCUT2D eigenvalue weighted by Gasteiger charge is 2.22. The van der Waals surface area contributed by atoms with Gasteiger partial charge in [0.1, 0.15) is 0 Å². The van der Waals surface area contributed by atoms with E-state index in [1.54, 1.807) is 11.3 Å². The molecule has 78 valence electrons. The first-order chi connectivity index (χ1) is 6.86. The Hall–Kier alpha value is -0.380. The van der Waals surface area contributed by atoms with E-state index in [2.05, 4.69) is 11.4 Å². The van der Waals surface area contributed by atoms with E-state index in [-0.39, 0.29) is 12.2 Å². The summed E-state index contributed by atoms with van der Waals surface area (Å²) in [7, 11) is 0. The molecule has 0 bridgehead atoms. The molecule has 2 nitrogen and oxygen atoms in total. The number of ether oxygens (including phenoxy) is 1. The molecule has 0 spiro atoms. The van der Waals surface area contributed by atoms with Crippen molar-refractivity contribution >= 4 is 11.3 Å². The largest absolute Gasteiger partial charge is 0.390 e. The average Bonchev–Trinajstić information content (AvgIpc) is 2.72. The quantitative estimate of drug-likeness (QED) is 0.832. The van der Waals surface area contributed by atoms with E-state index in [0.29, 0.717) is 0 Å². The van der Waals surface area contributed by atoms with Crippen molar-refractivity contribution in [3.8, 4) is 0 Å². The summed E-state index contributed by atoms with van der Waals surface area (Å²) in [5.74, 6) is 0. The molecule has 1 saturated heterocycles. The summed E-state index contributed by atoms with van der Waals surface area (Å²) in [6.45, 7) is 0.811. The van der Waals surface area contributed by atoms with E-state index in [1.165, 1.54) is 12.0 Å². The van der Waals surface area contributed by atoms with Gasteiger partial charge in [-0.15, -0.1) is 0 Å². The van der Waals surface area contributed by atoms with E-state index < -0.39 is 0 Å². The highest BCUT2D eigenvalue weighted by Crippen LogP contribution is 2.19. The second-order valence-electron chi connectivity index (χ2n) is 3.81. The van der Waals surface area contributed by atoms with Crippen molar-refractivity contribution in [1.82, 2.24) is 0 Å². The van der Waals surface area contributed by atoms with Crippen LogP contribution in [-0.4, -0.2) is 23.9 Å². The molecule has 0 aromatic carbocycles. The zero-order chi connectivity index (χ0) is 9.80. The van der Waals surface area contributed by atoms with Crippen molar-refractivity contribution in [3.63, 3.8) is 0 Å². The SMILES string of the molecule is OC(Cc1ccsc1)C1CCCCO1. The fourth-order valence-electron chi connectivity index (χ4n) is 1.85. The molecule has 2 unspecified atom stereocenters. The summed E-state index contributed by atoms with van der Waals surface area (Å²) in [5.41, 5.74) is 1.22. The molecule has 1 aliphatic rings. The lowest BCUT2D eigenvalue weighted by Gasteiger charge is -2.26. The number of aliphatic hydroxyl groups excluding tert-OH is 1. The van der Waals surface area contributed by atoms with E-state index in [9.17, 15) is 5.11 Å². The molecule has 1 aromatic heterocycles.